The highest BCUT2D eigenvalue weighted by molar-refractivity contribution is 7.89. The van der Waals surface area contributed by atoms with Crippen LogP contribution < -0.4 is 15.8 Å². The number of nitrogens with zero attached hydrogens (tertiary/aromatic N) is 1. The molecule has 12 nitrogen and oxygen atoms in total. The third kappa shape index (κ3) is 6.15. The van der Waals surface area contributed by atoms with Gasteiger partial charge in [0.05, 0.1) is 17.9 Å². The third-order valence-corrected chi connectivity index (χ3v) is 6.61. The van der Waals surface area contributed by atoms with Crippen LogP contribution in [0.5, 0.6) is 0 Å². The van der Waals surface area contributed by atoms with Crippen LogP contribution in [0, 0.1) is 5.92 Å². The summed E-state index contributed by atoms with van der Waals surface area (Å²) < 4.78 is 32.0. The van der Waals surface area contributed by atoms with Gasteiger partial charge in [-0.05, 0) is 24.1 Å². The number of aliphatic hydroxyl groups is 1. The number of allylic oxidation sites excluding steroid dienone is 1. The monoisotopic (exact) mass is 480 g/mol. The Morgan fingerprint density at radius 1 is 1.21 bits per heavy atom. The molecule has 1 fully saturated rings. The van der Waals surface area contributed by atoms with Crippen LogP contribution in [0.4, 0.5) is 0 Å². The summed E-state index contributed by atoms with van der Waals surface area (Å²) in [7, 11) is -3.82. The largest absolute Gasteiger partial charge is 0.434 e. The van der Waals surface area contributed by atoms with Crippen LogP contribution in [0.2, 0.25) is 0 Å². The molecule has 2 aliphatic rings. The van der Waals surface area contributed by atoms with Crippen molar-refractivity contribution in [1.82, 2.24) is 14.9 Å². The van der Waals surface area contributed by atoms with E-state index in [0.717, 1.165) is 4.90 Å². The molecule has 33 heavy (non-hydrogen) atoms. The molecule has 3 rings (SSSR count). The summed E-state index contributed by atoms with van der Waals surface area (Å²) >= 11 is 0. The van der Waals surface area contributed by atoms with E-state index >= 15 is 0 Å². The quantitative estimate of drug-likeness (QED) is 0.186. The predicted octanol–water partition coefficient (Wildman–Crippen LogP) is -2.02. The number of carbonyl (C=O) groups excluding carboxylic acids is 4. The van der Waals surface area contributed by atoms with Crippen LogP contribution >= 0.6 is 0 Å². The summed E-state index contributed by atoms with van der Waals surface area (Å²) in [5.41, 5.74) is 5.79. The van der Waals surface area contributed by atoms with Gasteiger partial charge in [-0.15, -0.1) is 0 Å². The maximum absolute atomic E-state index is 12.8. The highest BCUT2D eigenvalue weighted by Gasteiger charge is 2.36. The molecular weight excluding hydrogens is 456 g/mol. The Hall–Kier alpha value is -3.29. The summed E-state index contributed by atoms with van der Waals surface area (Å²) in [6, 6.07) is 6.73. The van der Waals surface area contributed by atoms with Crippen LogP contribution in [0.3, 0.4) is 0 Å². The lowest BCUT2D eigenvalue weighted by Crippen LogP contribution is -2.49. The maximum Gasteiger partial charge on any atom is 0.310 e. The van der Waals surface area contributed by atoms with E-state index in [4.69, 9.17) is 5.73 Å². The van der Waals surface area contributed by atoms with Gasteiger partial charge in [0, 0.05) is 13.1 Å². The molecule has 3 amide bonds. The molecule has 0 saturated carbocycles. The highest BCUT2D eigenvalue weighted by Crippen LogP contribution is 2.18. The van der Waals surface area contributed by atoms with E-state index in [2.05, 4.69) is 14.8 Å². The van der Waals surface area contributed by atoms with Crippen LogP contribution in [0.25, 0.3) is 0 Å². The molecule has 1 saturated heterocycles. The van der Waals surface area contributed by atoms with Crippen molar-refractivity contribution in [1.29, 1.82) is 0 Å². The fourth-order valence-electron chi connectivity index (χ4n) is 3.46. The molecule has 3 unspecified atom stereocenters. The van der Waals surface area contributed by atoms with Crippen LogP contribution in [-0.2, 0) is 33.9 Å². The molecule has 0 radical (unpaired) electrons. The second-order valence-electron chi connectivity index (χ2n) is 7.64. The normalized spacial score (nSPS) is 23.5. The zero-order valence-electron chi connectivity index (χ0n) is 17.5. The highest BCUT2D eigenvalue weighted by atomic mass is 32.2. The van der Waals surface area contributed by atoms with Gasteiger partial charge < -0.3 is 25.8 Å². The minimum Gasteiger partial charge on any atom is -0.434 e. The summed E-state index contributed by atoms with van der Waals surface area (Å²) in [6.45, 7) is -0.781. The van der Waals surface area contributed by atoms with E-state index in [1.807, 2.05) is 0 Å². The second-order valence-corrected chi connectivity index (χ2v) is 9.41. The first-order valence-electron chi connectivity index (χ1n) is 10.0. The van der Waals surface area contributed by atoms with E-state index in [9.17, 15) is 32.7 Å². The van der Waals surface area contributed by atoms with Gasteiger partial charge in [-0.3, -0.25) is 19.2 Å². The van der Waals surface area contributed by atoms with Crippen molar-refractivity contribution in [3.8, 4) is 0 Å². The Kier molecular flexibility index (Phi) is 7.46. The summed E-state index contributed by atoms with van der Waals surface area (Å²) in [4.78, 5) is 49.4. The van der Waals surface area contributed by atoms with Crippen LogP contribution in [0.1, 0.15) is 12.8 Å². The Balaban J connectivity index is 1.69. The number of esters is 1. The van der Waals surface area contributed by atoms with Crippen LogP contribution in [-0.4, -0.2) is 74.1 Å². The number of carbonyl (C=O) groups is 4. The topological polar surface area (TPSA) is 185 Å². The van der Waals surface area contributed by atoms with Gasteiger partial charge in [-0.2, -0.15) is 0 Å². The average molecular weight is 480 g/mol. The summed E-state index contributed by atoms with van der Waals surface area (Å²) in [6.07, 6.45) is -0.218. The molecule has 178 valence electrons. The Morgan fingerprint density at radius 3 is 2.52 bits per heavy atom. The molecule has 0 bridgehead atoms. The summed E-state index contributed by atoms with van der Waals surface area (Å²) in [5.74, 6) is -4.15. The van der Waals surface area contributed by atoms with Crippen molar-refractivity contribution in [2.75, 3.05) is 19.6 Å². The van der Waals surface area contributed by atoms with E-state index in [0.29, 0.717) is 5.57 Å². The van der Waals surface area contributed by atoms with Gasteiger partial charge in [0.2, 0.25) is 34.0 Å². The predicted molar refractivity (Wildman–Crippen MR) is 112 cm³/mol. The second kappa shape index (κ2) is 10.1. The maximum atomic E-state index is 12.8. The number of benzene rings is 1. The minimum atomic E-state index is -3.82. The lowest BCUT2D eigenvalue weighted by Gasteiger charge is -2.25. The number of rotatable bonds is 8. The Morgan fingerprint density at radius 2 is 1.91 bits per heavy atom. The number of sulfonamides is 1. The molecule has 2 heterocycles. The lowest BCUT2D eigenvalue weighted by atomic mass is 10.0. The van der Waals surface area contributed by atoms with Gasteiger partial charge in [-0.1, -0.05) is 24.3 Å². The number of hydrogen-bond donors (Lipinski definition) is 4. The smallest absolute Gasteiger partial charge is 0.310 e. The van der Waals surface area contributed by atoms with Crippen molar-refractivity contribution in [3.05, 3.63) is 42.0 Å². The molecule has 1 aromatic rings. The Bertz CT molecular complexity index is 1070. The van der Waals surface area contributed by atoms with Crippen molar-refractivity contribution < 1.29 is 37.4 Å². The Labute approximate surface area is 189 Å². The van der Waals surface area contributed by atoms with Gasteiger partial charge in [0.15, 0.2) is 0 Å². The number of aliphatic hydroxyl groups excluding tert-OH is 1. The van der Waals surface area contributed by atoms with Gasteiger partial charge in [-0.25, -0.2) is 13.1 Å². The fraction of sp³-hybridized carbons (Fsp3) is 0.400. The molecule has 2 aliphatic heterocycles. The molecule has 0 spiro atoms. The van der Waals surface area contributed by atoms with Crippen LogP contribution in [0.15, 0.2) is 46.9 Å². The molecule has 1 aromatic carbocycles. The average Bonchev–Trinajstić information content (AvgIpc) is 2.98. The SMILES string of the molecule is NC(=O)C1CC=C(CNS(=O)(=O)c2ccccc2)CN(CC(=O)NC2CC(=O)OC2O)C1=O. The molecule has 3 atom stereocenters. The first-order valence-corrected chi connectivity index (χ1v) is 11.5. The van der Waals surface area contributed by atoms with E-state index in [-0.39, 0.29) is 30.8 Å². The zero-order chi connectivity index (χ0) is 24.2. The number of hydrogen-bond acceptors (Lipinski definition) is 8. The van der Waals surface area contributed by atoms with Crippen molar-refractivity contribution in [3.63, 3.8) is 0 Å². The van der Waals surface area contributed by atoms with Gasteiger partial charge >= 0.3 is 5.97 Å². The number of amides is 3. The van der Waals surface area contributed by atoms with E-state index in [1.165, 1.54) is 12.1 Å². The first-order chi connectivity index (χ1) is 15.6. The van der Waals surface area contributed by atoms with Crippen molar-refractivity contribution in [2.24, 2.45) is 11.7 Å². The number of nitrogens with one attached hydrogen (secondary N) is 2. The van der Waals surface area contributed by atoms with Gasteiger partial charge in [0.1, 0.15) is 12.0 Å². The van der Waals surface area contributed by atoms with E-state index < -0.39 is 58.5 Å². The standard InChI is InChI=1S/C20H24N4O8S/c21-18(27)14-7-6-12(9-22-33(30,31)13-4-2-1-3-5-13)10-24(19(14)28)11-16(25)23-15-8-17(26)32-20(15)29/h1-6,14-15,20,22,29H,7-11H2,(H2,21,27)(H,23,25). The van der Waals surface area contributed by atoms with Crippen molar-refractivity contribution in [2.45, 2.75) is 30.1 Å². The zero-order valence-corrected chi connectivity index (χ0v) is 18.3. The molecule has 0 aromatic heterocycles. The number of primary amides is 1. The third-order valence-electron chi connectivity index (χ3n) is 5.20. The molecular formula is C20H24N4O8S. The first kappa shape index (κ1) is 24.4. The number of cyclic esters (lactones) is 1. The minimum absolute atomic E-state index is 0.0433. The van der Waals surface area contributed by atoms with Gasteiger partial charge in [0.25, 0.3) is 0 Å². The summed E-state index contributed by atoms with van der Waals surface area (Å²) in [5, 5.41) is 12.0. The molecule has 13 heteroatoms. The molecule has 0 aliphatic carbocycles. The van der Waals surface area contributed by atoms with E-state index in [1.54, 1.807) is 24.3 Å². The number of ether oxygens (including phenoxy) is 1. The number of nitrogens with two attached hydrogens (primary N) is 1. The lowest BCUT2D eigenvalue weighted by molar-refractivity contribution is -0.155. The van der Waals surface area contributed by atoms with Crippen molar-refractivity contribution >= 4 is 33.7 Å². The fourth-order valence-corrected chi connectivity index (χ4v) is 4.51. The molecule has 5 N–H and O–H groups in total.